The maximum absolute atomic E-state index is 13.8. The molecule has 6 rings (SSSR count). The number of hydrogen-bond acceptors (Lipinski definition) is 8. The van der Waals surface area contributed by atoms with Crippen LogP contribution in [0.15, 0.2) is 89.1 Å². The number of thioether (sulfide) groups is 1. The lowest BCUT2D eigenvalue weighted by atomic mass is 9.98. The summed E-state index contributed by atoms with van der Waals surface area (Å²) in [7, 11) is 3.29. The van der Waals surface area contributed by atoms with Crippen LogP contribution in [0.25, 0.3) is 11.4 Å². The fraction of sp³-hybridized carbons (Fsp3) is 0.312. The van der Waals surface area contributed by atoms with Crippen LogP contribution >= 0.6 is 11.8 Å². The molecule has 0 radical (unpaired) electrons. The van der Waals surface area contributed by atoms with Gasteiger partial charge in [-0.15, -0.1) is 10.2 Å². The van der Waals surface area contributed by atoms with Gasteiger partial charge in [0.2, 0.25) is 0 Å². The maximum Gasteiger partial charge on any atom is 0.253 e. The zero-order chi connectivity index (χ0) is 28.9. The van der Waals surface area contributed by atoms with Crippen LogP contribution in [-0.4, -0.2) is 64.1 Å². The van der Waals surface area contributed by atoms with Crippen LogP contribution in [0.4, 0.5) is 0 Å². The number of carbonyl (C=O) groups is 1. The van der Waals surface area contributed by atoms with Crippen molar-refractivity contribution in [3.05, 3.63) is 90.0 Å². The summed E-state index contributed by atoms with van der Waals surface area (Å²) in [5.41, 5.74) is 3.83. The zero-order valence-electron chi connectivity index (χ0n) is 23.7. The molecule has 0 saturated carbocycles. The van der Waals surface area contributed by atoms with Crippen LogP contribution in [0.5, 0.6) is 11.5 Å². The Labute approximate surface area is 249 Å². The predicted molar refractivity (Wildman–Crippen MR) is 162 cm³/mol. The van der Waals surface area contributed by atoms with Gasteiger partial charge in [0.1, 0.15) is 11.5 Å². The van der Waals surface area contributed by atoms with Gasteiger partial charge in [0.15, 0.2) is 11.0 Å². The van der Waals surface area contributed by atoms with Crippen LogP contribution in [0.1, 0.15) is 36.4 Å². The first-order valence-electron chi connectivity index (χ1n) is 14.0. The second-order valence-corrected chi connectivity index (χ2v) is 11.2. The first-order chi connectivity index (χ1) is 20.6. The molecule has 0 bridgehead atoms. The number of carbonyl (C=O) groups excluding carboxylic acids is 1. The Bertz CT molecular complexity index is 1530. The lowest BCUT2D eigenvalue weighted by Crippen LogP contribution is -2.28. The predicted octanol–water partition coefficient (Wildman–Crippen LogP) is 5.61. The van der Waals surface area contributed by atoms with E-state index in [0.29, 0.717) is 18.1 Å². The van der Waals surface area contributed by atoms with Crippen molar-refractivity contribution in [3.63, 3.8) is 0 Å². The molecule has 1 aromatic heterocycles. The van der Waals surface area contributed by atoms with E-state index in [4.69, 9.17) is 19.3 Å². The number of amides is 1. The Hall–Kier alpha value is -4.15. The van der Waals surface area contributed by atoms with Crippen LogP contribution < -0.4 is 9.47 Å². The van der Waals surface area contributed by atoms with E-state index in [2.05, 4.69) is 14.8 Å². The van der Waals surface area contributed by atoms with Gasteiger partial charge in [-0.2, -0.15) is 5.10 Å². The highest BCUT2D eigenvalue weighted by Crippen LogP contribution is 2.35. The summed E-state index contributed by atoms with van der Waals surface area (Å²) in [6, 6.07) is 25.4. The lowest BCUT2D eigenvalue weighted by molar-refractivity contribution is -0.130. The minimum Gasteiger partial charge on any atom is -0.497 e. The molecule has 1 amide bonds. The Morgan fingerprint density at radius 2 is 1.64 bits per heavy atom. The average molecular weight is 584 g/mol. The standard InChI is InChI=1S/C32H33N5O4S/c1-39-25-14-10-23(11-15-25)29-19-28(22-7-4-3-5-8-22)35-37(29)30(38)21-42-32-34-33-31(24-12-16-26(40-2)17-13-24)36(32)20-27-9-6-18-41-27/h3-5,7-8,10-17,27,29H,6,9,18-21H2,1-2H3/t27-,29+/m1/s1. The van der Waals surface area contributed by atoms with E-state index >= 15 is 0 Å². The number of hydrazone groups is 1. The van der Waals surface area contributed by atoms with E-state index in [1.54, 1.807) is 19.2 Å². The van der Waals surface area contributed by atoms with Crippen LogP contribution in [0, 0.1) is 0 Å². The molecule has 9 nitrogen and oxygen atoms in total. The van der Waals surface area contributed by atoms with E-state index in [0.717, 1.165) is 59.2 Å². The largest absolute Gasteiger partial charge is 0.497 e. The topological polar surface area (TPSA) is 91.1 Å². The van der Waals surface area contributed by atoms with Crippen molar-refractivity contribution in [1.29, 1.82) is 0 Å². The maximum atomic E-state index is 13.8. The fourth-order valence-electron chi connectivity index (χ4n) is 5.33. The molecule has 3 aromatic carbocycles. The third kappa shape index (κ3) is 6.05. The van der Waals surface area contributed by atoms with E-state index < -0.39 is 0 Å². The summed E-state index contributed by atoms with van der Waals surface area (Å²) >= 11 is 1.38. The molecule has 1 fully saturated rings. The van der Waals surface area contributed by atoms with Gasteiger partial charge in [-0.05, 0) is 60.4 Å². The number of aromatic nitrogens is 3. The quantitative estimate of drug-likeness (QED) is 0.224. The second kappa shape index (κ2) is 12.8. The Morgan fingerprint density at radius 1 is 0.929 bits per heavy atom. The third-order valence-electron chi connectivity index (χ3n) is 7.57. The minimum absolute atomic E-state index is 0.0871. The number of nitrogens with zero attached hydrogens (tertiary/aromatic N) is 5. The normalized spacial score (nSPS) is 18.2. The Morgan fingerprint density at radius 3 is 2.31 bits per heavy atom. The van der Waals surface area contributed by atoms with Crippen molar-refractivity contribution < 1.29 is 19.0 Å². The van der Waals surface area contributed by atoms with Gasteiger partial charge in [-0.1, -0.05) is 54.2 Å². The van der Waals surface area contributed by atoms with Gasteiger partial charge in [0, 0.05) is 18.6 Å². The molecular weight excluding hydrogens is 550 g/mol. The molecular formula is C32H33N5O4S. The van der Waals surface area contributed by atoms with Crippen molar-refractivity contribution in [2.24, 2.45) is 5.10 Å². The number of hydrogen-bond donors (Lipinski definition) is 0. The number of ether oxygens (including phenoxy) is 3. The van der Waals surface area contributed by atoms with Crippen molar-refractivity contribution in [2.45, 2.75) is 43.1 Å². The van der Waals surface area contributed by atoms with Gasteiger partial charge in [0.05, 0.1) is 44.4 Å². The van der Waals surface area contributed by atoms with Crippen molar-refractivity contribution >= 4 is 23.4 Å². The molecule has 0 aliphatic carbocycles. The van der Waals surface area contributed by atoms with Gasteiger partial charge < -0.3 is 14.2 Å². The summed E-state index contributed by atoms with van der Waals surface area (Å²) in [5, 5.41) is 16.2. The van der Waals surface area contributed by atoms with Gasteiger partial charge >= 0.3 is 0 Å². The molecule has 10 heteroatoms. The molecule has 0 spiro atoms. The summed E-state index contributed by atoms with van der Waals surface area (Å²) < 4.78 is 18.7. The molecule has 4 aromatic rings. The van der Waals surface area contributed by atoms with Gasteiger partial charge in [-0.3, -0.25) is 9.36 Å². The zero-order valence-corrected chi connectivity index (χ0v) is 24.5. The van der Waals surface area contributed by atoms with E-state index in [9.17, 15) is 4.79 Å². The van der Waals surface area contributed by atoms with Gasteiger partial charge in [-0.25, -0.2) is 5.01 Å². The van der Waals surface area contributed by atoms with Crippen LogP contribution in [-0.2, 0) is 16.1 Å². The first kappa shape index (κ1) is 28.0. The van der Waals surface area contributed by atoms with E-state index in [1.807, 2.05) is 78.9 Å². The summed E-state index contributed by atoms with van der Waals surface area (Å²) in [4.78, 5) is 13.8. The highest BCUT2D eigenvalue weighted by Gasteiger charge is 2.33. The lowest BCUT2D eigenvalue weighted by Gasteiger charge is -2.22. The molecule has 2 aliphatic rings. The summed E-state index contributed by atoms with van der Waals surface area (Å²) in [6.07, 6.45) is 2.74. The van der Waals surface area contributed by atoms with Gasteiger partial charge in [0.25, 0.3) is 5.91 Å². The second-order valence-electron chi connectivity index (χ2n) is 10.2. The molecule has 0 N–H and O–H groups in total. The van der Waals surface area contributed by atoms with Crippen LogP contribution in [0.3, 0.4) is 0 Å². The third-order valence-corrected chi connectivity index (χ3v) is 8.53. The molecule has 3 heterocycles. The highest BCUT2D eigenvalue weighted by molar-refractivity contribution is 7.99. The smallest absolute Gasteiger partial charge is 0.253 e. The molecule has 216 valence electrons. The Kier molecular flexibility index (Phi) is 8.52. The van der Waals surface area contributed by atoms with E-state index in [-0.39, 0.29) is 23.8 Å². The first-order valence-corrected chi connectivity index (χ1v) is 15.0. The summed E-state index contributed by atoms with van der Waals surface area (Å²) in [5.74, 6) is 2.36. The van der Waals surface area contributed by atoms with Crippen LogP contribution in [0.2, 0.25) is 0 Å². The Balaban J connectivity index is 1.25. The minimum atomic E-state index is -0.209. The SMILES string of the molecule is COc1ccc(-c2nnc(SCC(=O)N3N=C(c4ccccc4)C[C@H]3c3ccc(OC)cc3)n2C[C@H]2CCCO2)cc1. The monoisotopic (exact) mass is 583 g/mol. The number of benzene rings is 3. The van der Waals surface area contributed by atoms with Crippen molar-refractivity contribution in [3.8, 4) is 22.9 Å². The fourth-order valence-corrected chi connectivity index (χ4v) is 6.13. The number of rotatable bonds is 10. The molecule has 2 aliphatic heterocycles. The van der Waals surface area contributed by atoms with Crippen molar-refractivity contribution in [2.75, 3.05) is 26.6 Å². The number of methoxy groups -OCH3 is 2. The molecule has 1 saturated heterocycles. The molecule has 2 atom stereocenters. The molecule has 0 unspecified atom stereocenters. The summed E-state index contributed by atoms with van der Waals surface area (Å²) in [6.45, 7) is 1.38. The average Bonchev–Trinajstić information content (AvgIpc) is 3.81. The molecule has 42 heavy (non-hydrogen) atoms. The van der Waals surface area contributed by atoms with Crippen molar-refractivity contribution in [1.82, 2.24) is 19.8 Å². The highest BCUT2D eigenvalue weighted by atomic mass is 32.2. The van der Waals surface area contributed by atoms with E-state index in [1.165, 1.54) is 11.8 Å².